The van der Waals surface area contributed by atoms with Gasteiger partial charge in [-0.15, -0.1) is 0 Å². The Morgan fingerprint density at radius 3 is 2.74 bits per heavy atom. The van der Waals surface area contributed by atoms with Crippen molar-refractivity contribution < 1.29 is 0 Å². The zero-order valence-electron chi connectivity index (χ0n) is 10.6. The number of nitrogens with one attached hydrogen (secondary N) is 1. The summed E-state index contributed by atoms with van der Waals surface area (Å²) in [5.74, 6) is 0.0512. The molecule has 0 fully saturated rings. The molecule has 1 heterocycles. The first kappa shape index (κ1) is 13.5. The molecule has 1 aromatic carbocycles. The number of nitrogens with zero attached hydrogens (tertiary/aromatic N) is 2. The highest BCUT2D eigenvalue weighted by Gasteiger charge is 2.13. The number of nitrogens with two attached hydrogens (primary N) is 1. The minimum atomic E-state index is 0.0512. The summed E-state index contributed by atoms with van der Waals surface area (Å²) < 4.78 is 0.824. The number of hydrogen-bond donors (Lipinski definition) is 2. The standard InChI is InChI=1S/C14H15BrN4/c1-19(9-10-5-2-3-8-18-10)12-7-4-6-11(15)13(12)14(16)17/h2-8H,9H2,1H3,(H3,16,17). The second-order valence-corrected chi connectivity index (χ2v) is 5.08. The Kier molecular flexibility index (Phi) is 4.16. The molecule has 0 aliphatic heterocycles. The van der Waals surface area contributed by atoms with Gasteiger partial charge in [0.15, 0.2) is 0 Å². The summed E-state index contributed by atoms with van der Waals surface area (Å²) in [5, 5.41) is 7.70. The Morgan fingerprint density at radius 1 is 1.32 bits per heavy atom. The zero-order valence-corrected chi connectivity index (χ0v) is 12.2. The number of rotatable bonds is 4. The lowest BCUT2D eigenvalue weighted by molar-refractivity contribution is 0.883. The molecular formula is C14H15BrN4. The summed E-state index contributed by atoms with van der Waals surface area (Å²) in [5.41, 5.74) is 8.25. The van der Waals surface area contributed by atoms with Gasteiger partial charge < -0.3 is 10.6 Å². The number of aromatic nitrogens is 1. The molecule has 0 aliphatic rings. The SMILES string of the molecule is CN(Cc1ccccn1)c1cccc(Br)c1C(=N)N. The molecule has 3 N–H and O–H groups in total. The van der Waals surface area contributed by atoms with Crippen LogP contribution in [0, 0.1) is 5.41 Å². The summed E-state index contributed by atoms with van der Waals surface area (Å²) in [4.78, 5) is 6.33. The van der Waals surface area contributed by atoms with Crippen LogP contribution in [-0.4, -0.2) is 17.9 Å². The van der Waals surface area contributed by atoms with Crippen molar-refractivity contribution in [1.82, 2.24) is 4.98 Å². The van der Waals surface area contributed by atoms with Gasteiger partial charge in [0.2, 0.25) is 0 Å². The van der Waals surface area contributed by atoms with Crippen LogP contribution >= 0.6 is 15.9 Å². The summed E-state index contributed by atoms with van der Waals surface area (Å²) in [7, 11) is 1.96. The minimum Gasteiger partial charge on any atom is -0.384 e. The van der Waals surface area contributed by atoms with E-state index in [2.05, 4.69) is 20.9 Å². The van der Waals surface area contributed by atoms with Crippen LogP contribution in [0.1, 0.15) is 11.3 Å². The highest BCUT2D eigenvalue weighted by molar-refractivity contribution is 9.10. The summed E-state index contributed by atoms with van der Waals surface area (Å²) in [6, 6.07) is 11.6. The molecule has 1 aromatic heterocycles. The second-order valence-electron chi connectivity index (χ2n) is 4.22. The third kappa shape index (κ3) is 3.12. The second kappa shape index (κ2) is 5.84. The van der Waals surface area contributed by atoms with Gasteiger partial charge in [0.25, 0.3) is 0 Å². The summed E-state index contributed by atoms with van der Waals surface area (Å²) in [6.45, 7) is 0.664. The molecule has 0 saturated heterocycles. The maximum atomic E-state index is 7.70. The highest BCUT2D eigenvalue weighted by Crippen LogP contribution is 2.27. The quantitative estimate of drug-likeness (QED) is 0.673. The largest absolute Gasteiger partial charge is 0.384 e. The molecule has 0 aliphatic carbocycles. The third-order valence-electron chi connectivity index (χ3n) is 2.80. The molecule has 2 rings (SSSR count). The Morgan fingerprint density at radius 2 is 2.11 bits per heavy atom. The van der Waals surface area contributed by atoms with Crippen molar-refractivity contribution in [2.45, 2.75) is 6.54 Å². The maximum absolute atomic E-state index is 7.70. The van der Waals surface area contributed by atoms with E-state index < -0.39 is 0 Å². The fraction of sp³-hybridized carbons (Fsp3) is 0.143. The fourth-order valence-electron chi connectivity index (χ4n) is 1.92. The smallest absolute Gasteiger partial charge is 0.126 e. The van der Waals surface area contributed by atoms with Crippen LogP contribution in [0.2, 0.25) is 0 Å². The van der Waals surface area contributed by atoms with Gasteiger partial charge >= 0.3 is 0 Å². The number of pyridine rings is 1. The molecule has 2 aromatic rings. The number of halogens is 1. The van der Waals surface area contributed by atoms with Crippen LogP contribution in [0.3, 0.4) is 0 Å². The van der Waals surface area contributed by atoms with Gasteiger partial charge in [-0.1, -0.05) is 12.1 Å². The number of amidine groups is 1. The molecular weight excluding hydrogens is 304 g/mol. The van der Waals surface area contributed by atoms with Gasteiger partial charge in [-0.25, -0.2) is 0 Å². The van der Waals surface area contributed by atoms with Gasteiger partial charge in [-0.05, 0) is 40.2 Å². The van der Waals surface area contributed by atoms with E-state index in [4.69, 9.17) is 11.1 Å². The van der Waals surface area contributed by atoms with Gasteiger partial charge in [0, 0.05) is 23.4 Å². The maximum Gasteiger partial charge on any atom is 0.126 e. The van der Waals surface area contributed by atoms with Crippen molar-refractivity contribution in [3.05, 3.63) is 58.3 Å². The fourth-order valence-corrected chi connectivity index (χ4v) is 2.49. The van der Waals surface area contributed by atoms with Crippen LogP contribution < -0.4 is 10.6 Å². The molecule has 0 unspecified atom stereocenters. The van der Waals surface area contributed by atoms with E-state index in [-0.39, 0.29) is 5.84 Å². The van der Waals surface area contributed by atoms with E-state index in [1.165, 1.54) is 0 Å². The predicted molar refractivity (Wildman–Crippen MR) is 81.5 cm³/mol. The number of benzene rings is 1. The van der Waals surface area contributed by atoms with Crippen molar-refractivity contribution in [2.24, 2.45) is 5.73 Å². The van der Waals surface area contributed by atoms with Crippen LogP contribution in [0.25, 0.3) is 0 Å². The van der Waals surface area contributed by atoms with Crippen molar-refractivity contribution in [2.75, 3.05) is 11.9 Å². The monoisotopic (exact) mass is 318 g/mol. The van der Waals surface area contributed by atoms with E-state index in [1.807, 2.05) is 48.3 Å². The van der Waals surface area contributed by atoms with Crippen molar-refractivity contribution in [1.29, 1.82) is 5.41 Å². The molecule has 19 heavy (non-hydrogen) atoms. The number of nitrogen functional groups attached to an aromatic ring is 1. The highest BCUT2D eigenvalue weighted by atomic mass is 79.9. The molecule has 0 saturated carbocycles. The number of anilines is 1. The Hall–Kier alpha value is -1.88. The average molecular weight is 319 g/mol. The topological polar surface area (TPSA) is 66.0 Å². The van der Waals surface area contributed by atoms with E-state index in [1.54, 1.807) is 6.20 Å². The summed E-state index contributed by atoms with van der Waals surface area (Å²) in [6.07, 6.45) is 1.77. The van der Waals surface area contributed by atoms with E-state index in [0.717, 1.165) is 15.9 Å². The van der Waals surface area contributed by atoms with Gasteiger partial charge in [0.05, 0.1) is 17.8 Å². The third-order valence-corrected chi connectivity index (χ3v) is 3.46. The minimum absolute atomic E-state index is 0.0512. The molecule has 0 radical (unpaired) electrons. The van der Waals surface area contributed by atoms with Crippen molar-refractivity contribution in [3.8, 4) is 0 Å². The van der Waals surface area contributed by atoms with E-state index in [0.29, 0.717) is 12.1 Å². The van der Waals surface area contributed by atoms with E-state index >= 15 is 0 Å². The van der Waals surface area contributed by atoms with Crippen LogP contribution in [0.15, 0.2) is 47.1 Å². The summed E-state index contributed by atoms with van der Waals surface area (Å²) >= 11 is 3.44. The average Bonchev–Trinajstić information content (AvgIpc) is 2.39. The van der Waals surface area contributed by atoms with Crippen molar-refractivity contribution >= 4 is 27.5 Å². The molecule has 5 heteroatoms. The lowest BCUT2D eigenvalue weighted by Crippen LogP contribution is -2.22. The molecule has 0 bridgehead atoms. The van der Waals surface area contributed by atoms with Gasteiger partial charge in [-0.2, -0.15) is 0 Å². The predicted octanol–water partition coefficient (Wildman–Crippen LogP) is 2.76. The molecule has 98 valence electrons. The van der Waals surface area contributed by atoms with Gasteiger partial charge in [0.1, 0.15) is 5.84 Å². The Balaban J connectivity index is 2.31. The lowest BCUT2D eigenvalue weighted by atomic mass is 10.1. The van der Waals surface area contributed by atoms with Crippen molar-refractivity contribution in [3.63, 3.8) is 0 Å². The molecule has 0 spiro atoms. The van der Waals surface area contributed by atoms with Crippen LogP contribution in [-0.2, 0) is 6.54 Å². The van der Waals surface area contributed by atoms with Crippen LogP contribution in [0.4, 0.5) is 5.69 Å². The Labute approximate surface area is 120 Å². The van der Waals surface area contributed by atoms with Crippen LogP contribution in [0.5, 0.6) is 0 Å². The van der Waals surface area contributed by atoms with E-state index in [9.17, 15) is 0 Å². The first-order valence-corrected chi connectivity index (χ1v) is 6.63. The molecule has 0 atom stereocenters. The molecule has 0 amide bonds. The van der Waals surface area contributed by atoms with Gasteiger partial charge in [-0.3, -0.25) is 10.4 Å². The normalized spacial score (nSPS) is 10.2. The first-order chi connectivity index (χ1) is 9.09. The zero-order chi connectivity index (χ0) is 13.8. The first-order valence-electron chi connectivity index (χ1n) is 5.83. The molecule has 4 nitrogen and oxygen atoms in total. The Bertz CT molecular complexity index is 583. The number of hydrogen-bond acceptors (Lipinski definition) is 3. The lowest BCUT2D eigenvalue weighted by Gasteiger charge is -2.22.